The van der Waals surface area contributed by atoms with Crippen LogP contribution in [0.4, 0.5) is 11.4 Å². The molecule has 0 spiro atoms. The van der Waals surface area contributed by atoms with E-state index in [0.717, 1.165) is 0 Å². The van der Waals surface area contributed by atoms with Gasteiger partial charge in [-0.3, -0.25) is 9.13 Å². The van der Waals surface area contributed by atoms with Crippen LogP contribution in [0.25, 0.3) is 0 Å². The number of nitrogens with one attached hydrogen (secondary N) is 2. The first-order valence-corrected chi connectivity index (χ1v) is 12.4. The van der Waals surface area contributed by atoms with Gasteiger partial charge in [0.15, 0.2) is 0 Å². The zero-order valence-electron chi connectivity index (χ0n) is 16.2. The number of para-hydroxylation sites is 2. The highest BCUT2D eigenvalue weighted by molar-refractivity contribution is 7.61. The van der Waals surface area contributed by atoms with Gasteiger partial charge in [-0.25, -0.2) is 0 Å². The lowest BCUT2D eigenvalue weighted by Crippen LogP contribution is -2.19. The van der Waals surface area contributed by atoms with Gasteiger partial charge in [0.25, 0.3) is 0 Å². The SMILES string of the molecule is O=P(O)(O)c1ccccc1NCCOCCOCCNc1ccccc1P(=O)(O)O. The molecule has 30 heavy (non-hydrogen) atoms. The van der Waals surface area contributed by atoms with E-state index in [-0.39, 0.29) is 10.6 Å². The van der Waals surface area contributed by atoms with Crippen molar-refractivity contribution in [1.29, 1.82) is 0 Å². The molecular formula is C18H26N2O8P2. The summed E-state index contributed by atoms with van der Waals surface area (Å²) >= 11 is 0. The molecular weight excluding hydrogens is 434 g/mol. The third kappa shape index (κ3) is 8.18. The van der Waals surface area contributed by atoms with Crippen molar-refractivity contribution >= 4 is 37.2 Å². The molecule has 0 amide bonds. The Morgan fingerprint density at radius 2 is 1.00 bits per heavy atom. The van der Waals surface area contributed by atoms with Crippen LogP contribution in [0.15, 0.2) is 48.5 Å². The fourth-order valence-corrected chi connectivity index (χ4v) is 4.09. The van der Waals surface area contributed by atoms with Crippen LogP contribution in [-0.2, 0) is 18.6 Å². The van der Waals surface area contributed by atoms with E-state index >= 15 is 0 Å². The minimum Gasteiger partial charge on any atom is -0.382 e. The van der Waals surface area contributed by atoms with Gasteiger partial charge in [0.1, 0.15) is 0 Å². The third-order valence-corrected chi connectivity index (χ3v) is 5.97. The molecule has 0 saturated heterocycles. The Labute approximate surface area is 174 Å². The van der Waals surface area contributed by atoms with Crippen LogP contribution in [0.5, 0.6) is 0 Å². The highest BCUT2D eigenvalue weighted by Gasteiger charge is 2.21. The highest BCUT2D eigenvalue weighted by atomic mass is 31.2. The zero-order chi connectivity index (χ0) is 22.0. The molecule has 2 aromatic carbocycles. The van der Waals surface area contributed by atoms with Crippen molar-refractivity contribution in [1.82, 2.24) is 0 Å². The van der Waals surface area contributed by atoms with Gasteiger partial charge >= 0.3 is 15.2 Å². The highest BCUT2D eigenvalue weighted by Crippen LogP contribution is 2.36. The number of rotatable bonds is 13. The van der Waals surface area contributed by atoms with Crippen molar-refractivity contribution < 1.29 is 38.2 Å². The average Bonchev–Trinajstić information content (AvgIpc) is 2.68. The Kier molecular flexibility index (Phi) is 9.48. The molecule has 0 aliphatic rings. The average molecular weight is 460 g/mol. The van der Waals surface area contributed by atoms with Gasteiger partial charge in [0.2, 0.25) is 0 Å². The van der Waals surface area contributed by atoms with E-state index in [0.29, 0.717) is 50.9 Å². The second-order valence-electron chi connectivity index (χ2n) is 6.20. The molecule has 0 bridgehead atoms. The van der Waals surface area contributed by atoms with Crippen molar-refractivity contribution in [2.45, 2.75) is 0 Å². The first-order chi connectivity index (χ1) is 14.2. The molecule has 0 fully saturated rings. The summed E-state index contributed by atoms with van der Waals surface area (Å²) in [6.07, 6.45) is 0. The molecule has 2 rings (SSSR count). The van der Waals surface area contributed by atoms with Crippen molar-refractivity contribution in [3.8, 4) is 0 Å². The van der Waals surface area contributed by atoms with Crippen LogP contribution in [0.2, 0.25) is 0 Å². The Hall–Kier alpha value is -1.74. The van der Waals surface area contributed by atoms with Gasteiger partial charge < -0.3 is 39.7 Å². The molecule has 0 aliphatic carbocycles. The second kappa shape index (κ2) is 11.6. The predicted octanol–water partition coefficient (Wildman–Crippen LogP) is 0.850. The fourth-order valence-electron chi connectivity index (χ4n) is 2.59. The number of anilines is 2. The molecule has 10 nitrogen and oxygen atoms in total. The van der Waals surface area contributed by atoms with Crippen molar-refractivity contribution in [2.24, 2.45) is 0 Å². The maximum absolute atomic E-state index is 11.4. The normalized spacial score (nSPS) is 12.0. The number of ether oxygens (including phenoxy) is 2. The summed E-state index contributed by atoms with van der Waals surface area (Å²) in [5.41, 5.74) is 0.736. The largest absolute Gasteiger partial charge is 0.382 e. The van der Waals surface area contributed by atoms with Gasteiger partial charge in [-0.1, -0.05) is 24.3 Å². The monoisotopic (exact) mass is 460 g/mol. The molecule has 0 aromatic heterocycles. The Morgan fingerprint density at radius 1 is 0.633 bits per heavy atom. The molecule has 0 aliphatic heterocycles. The van der Waals surface area contributed by atoms with Gasteiger partial charge in [-0.15, -0.1) is 0 Å². The Morgan fingerprint density at radius 3 is 1.37 bits per heavy atom. The minimum atomic E-state index is -4.34. The topological polar surface area (TPSA) is 158 Å². The minimum absolute atomic E-state index is 0.0545. The summed E-state index contributed by atoms with van der Waals surface area (Å²) in [7, 11) is -8.68. The molecule has 6 N–H and O–H groups in total. The second-order valence-corrected chi connectivity index (χ2v) is 9.34. The van der Waals surface area contributed by atoms with E-state index in [1.165, 1.54) is 12.1 Å². The van der Waals surface area contributed by atoms with Crippen molar-refractivity contribution in [2.75, 3.05) is 50.2 Å². The summed E-state index contributed by atoms with van der Waals surface area (Å²) in [6, 6.07) is 12.4. The van der Waals surface area contributed by atoms with Crippen LogP contribution in [0.3, 0.4) is 0 Å². The van der Waals surface area contributed by atoms with Crippen LogP contribution in [-0.4, -0.2) is 59.1 Å². The third-order valence-electron chi connectivity index (χ3n) is 3.93. The molecule has 0 radical (unpaired) electrons. The van der Waals surface area contributed by atoms with E-state index in [2.05, 4.69) is 10.6 Å². The molecule has 166 valence electrons. The Balaban J connectivity index is 1.58. The van der Waals surface area contributed by atoms with E-state index in [9.17, 15) is 28.7 Å². The standard InChI is InChI=1S/C18H26N2O8P2/c21-29(22,23)17-7-3-1-5-15(17)19-9-11-27-13-14-28-12-10-20-16-6-2-4-8-18(16)30(24,25)26/h1-8,19-20H,9-14H2,(H2,21,22,23)(H2,24,25,26). The molecule has 0 unspecified atom stereocenters. The molecule has 2 aromatic rings. The van der Waals surface area contributed by atoms with Crippen LogP contribution in [0, 0.1) is 0 Å². The van der Waals surface area contributed by atoms with Gasteiger partial charge in [-0.05, 0) is 24.3 Å². The van der Waals surface area contributed by atoms with E-state index in [1.807, 2.05) is 0 Å². The molecule has 0 saturated carbocycles. The van der Waals surface area contributed by atoms with Gasteiger partial charge in [-0.2, -0.15) is 0 Å². The smallest absolute Gasteiger partial charge is 0.358 e. The number of hydrogen-bond acceptors (Lipinski definition) is 6. The van der Waals surface area contributed by atoms with Gasteiger partial charge in [0, 0.05) is 24.5 Å². The maximum atomic E-state index is 11.4. The van der Waals surface area contributed by atoms with Crippen molar-refractivity contribution in [3.05, 3.63) is 48.5 Å². The van der Waals surface area contributed by atoms with Gasteiger partial charge in [0.05, 0.1) is 37.0 Å². The van der Waals surface area contributed by atoms with Crippen LogP contribution >= 0.6 is 15.2 Å². The predicted molar refractivity (Wildman–Crippen MR) is 115 cm³/mol. The summed E-state index contributed by atoms with van der Waals surface area (Å²) in [5.74, 6) is 0. The first kappa shape index (κ1) is 24.5. The Bertz CT molecular complexity index is 826. The summed E-state index contributed by atoms with van der Waals surface area (Å²) in [5, 5.41) is 5.76. The number of hydrogen-bond donors (Lipinski definition) is 6. The van der Waals surface area contributed by atoms with Crippen LogP contribution in [0.1, 0.15) is 0 Å². The molecule has 12 heteroatoms. The lowest BCUT2D eigenvalue weighted by atomic mass is 10.3. The molecule has 0 atom stereocenters. The summed E-state index contributed by atoms with van der Waals surface area (Å²) in [4.78, 5) is 37.3. The van der Waals surface area contributed by atoms with Crippen LogP contribution < -0.4 is 21.2 Å². The fraction of sp³-hybridized carbons (Fsp3) is 0.333. The lowest BCUT2D eigenvalue weighted by Gasteiger charge is -2.13. The maximum Gasteiger partial charge on any atom is 0.358 e. The van der Waals surface area contributed by atoms with E-state index < -0.39 is 15.2 Å². The zero-order valence-corrected chi connectivity index (χ0v) is 18.0. The van der Waals surface area contributed by atoms with E-state index in [4.69, 9.17) is 9.47 Å². The summed E-state index contributed by atoms with van der Waals surface area (Å²) < 4.78 is 33.7. The quantitative estimate of drug-likeness (QED) is 0.187. The first-order valence-electron chi connectivity index (χ1n) is 9.13. The summed E-state index contributed by atoms with van der Waals surface area (Å²) in [6.45, 7) is 2.07. The van der Waals surface area contributed by atoms with E-state index in [1.54, 1.807) is 36.4 Å². The lowest BCUT2D eigenvalue weighted by molar-refractivity contribution is 0.0557. The number of benzene rings is 2. The molecule has 0 heterocycles. The van der Waals surface area contributed by atoms with Crippen molar-refractivity contribution in [3.63, 3.8) is 0 Å².